The second kappa shape index (κ2) is 8.75. The van der Waals surface area contributed by atoms with E-state index in [1.807, 2.05) is 24.3 Å². The Morgan fingerprint density at radius 1 is 1.16 bits per heavy atom. The number of unbranched alkanes of at least 4 members (excludes halogenated alkanes) is 1. The summed E-state index contributed by atoms with van der Waals surface area (Å²) >= 11 is 0.988. The highest BCUT2D eigenvalue weighted by Crippen LogP contribution is 2.14. The number of aryl methyl sites for hydroxylation is 1. The van der Waals surface area contributed by atoms with Crippen LogP contribution >= 0.6 is 11.8 Å². The molecular weight excluding hydrogens is 260 g/mol. The molecule has 1 aromatic carbocycles. The average molecular weight is 280 g/mol. The maximum Gasteiger partial charge on any atom is 0.316 e. The predicted octanol–water partition coefficient (Wildman–Crippen LogP) is 3.47. The lowest BCUT2D eigenvalue weighted by atomic mass is 10.1. The highest BCUT2D eigenvalue weighted by Gasteiger charge is 2.10. The van der Waals surface area contributed by atoms with Crippen LogP contribution in [0.1, 0.15) is 42.6 Å². The highest BCUT2D eigenvalue weighted by molar-refractivity contribution is 8.14. The summed E-state index contributed by atoms with van der Waals surface area (Å²) in [5.41, 5.74) is 1.88. The van der Waals surface area contributed by atoms with Crippen LogP contribution in [0.25, 0.3) is 0 Å². The summed E-state index contributed by atoms with van der Waals surface area (Å²) < 4.78 is 4.78. The van der Waals surface area contributed by atoms with E-state index in [1.165, 1.54) is 5.56 Å². The SMILES string of the molecule is CCCCc1ccc(C(=O)SCC(=O)OCC)cc1. The number of ether oxygens (including phenoxy) is 1. The first-order valence-corrected chi connectivity index (χ1v) is 7.57. The smallest absolute Gasteiger partial charge is 0.316 e. The van der Waals surface area contributed by atoms with Gasteiger partial charge in [-0.25, -0.2) is 0 Å². The Labute approximate surface area is 118 Å². The third-order valence-corrected chi connectivity index (χ3v) is 3.51. The van der Waals surface area contributed by atoms with Gasteiger partial charge in [-0.1, -0.05) is 49.4 Å². The normalized spacial score (nSPS) is 10.2. The zero-order valence-electron chi connectivity index (χ0n) is 11.5. The molecule has 0 fully saturated rings. The molecule has 0 radical (unpaired) electrons. The molecule has 0 heterocycles. The lowest BCUT2D eigenvalue weighted by Gasteiger charge is -2.03. The van der Waals surface area contributed by atoms with Crippen molar-refractivity contribution >= 4 is 22.8 Å². The average Bonchev–Trinajstić information content (AvgIpc) is 2.43. The molecule has 0 saturated heterocycles. The molecule has 1 rings (SSSR count). The van der Waals surface area contributed by atoms with E-state index in [2.05, 4.69) is 6.92 Å². The van der Waals surface area contributed by atoms with Gasteiger partial charge in [-0.3, -0.25) is 9.59 Å². The molecule has 0 N–H and O–H groups in total. The standard InChI is InChI=1S/C15H20O3S/c1-3-5-6-12-7-9-13(10-8-12)15(17)19-11-14(16)18-4-2/h7-10H,3-6,11H2,1-2H3. The van der Waals surface area contributed by atoms with Crippen LogP contribution in [0.5, 0.6) is 0 Å². The fraction of sp³-hybridized carbons (Fsp3) is 0.467. The second-order valence-electron chi connectivity index (χ2n) is 4.18. The van der Waals surface area contributed by atoms with Gasteiger partial charge in [0.1, 0.15) is 0 Å². The third-order valence-electron chi connectivity index (χ3n) is 2.64. The van der Waals surface area contributed by atoms with Crippen LogP contribution < -0.4 is 0 Å². The van der Waals surface area contributed by atoms with E-state index in [4.69, 9.17) is 4.74 Å². The molecule has 0 bridgehead atoms. The van der Waals surface area contributed by atoms with E-state index in [-0.39, 0.29) is 16.8 Å². The minimum absolute atomic E-state index is 0.0737. The molecule has 0 aromatic heterocycles. The topological polar surface area (TPSA) is 43.4 Å². The Morgan fingerprint density at radius 3 is 2.42 bits per heavy atom. The Hall–Kier alpha value is -1.29. The number of thioether (sulfide) groups is 1. The summed E-state index contributed by atoms with van der Waals surface area (Å²) in [5, 5.41) is -0.0879. The molecule has 0 atom stereocenters. The van der Waals surface area contributed by atoms with Crippen molar-refractivity contribution in [2.45, 2.75) is 33.1 Å². The molecule has 0 saturated carbocycles. The summed E-state index contributed by atoms with van der Waals surface area (Å²) in [7, 11) is 0. The number of hydrogen-bond donors (Lipinski definition) is 0. The largest absolute Gasteiger partial charge is 0.465 e. The molecule has 1 aromatic rings. The summed E-state index contributed by atoms with van der Waals surface area (Å²) in [6.07, 6.45) is 3.36. The molecule has 19 heavy (non-hydrogen) atoms. The van der Waals surface area contributed by atoms with E-state index in [9.17, 15) is 9.59 Å². The summed E-state index contributed by atoms with van der Waals surface area (Å²) in [6.45, 7) is 4.25. The van der Waals surface area contributed by atoms with Crippen LogP contribution in [-0.2, 0) is 16.0 Å². The number of rotatable bonds is 7. The molecule has 0 aliphatic rings. The van der Waals surface area contributed by atoms with Crippen molar-refractivity contribution in [1.82, 2.24) is 0 Å². The Morgan fingerprint density at radius 2 is 1.84 bits per heavy atom. The minimum Gasteiger partial charge on any atom is -0.465 e. The molecule has 0 aliphatic carbocycles. The van der Waals surface area contributed by atoms with Gasteiger partial charge in [0.15, 0.2) is 0 Å². The summed E-state index contributed by atoms with van der Waals surface area (Å²) in [5.74, 6) is -0.273. The predicted molar refractivity (Wildman–Crippen MR) is 78.5 cm³/mol. The summed E-state index contributed by atoms with van der Waals surface area (Å²) in [6, 6.07) is 7.61. The van der Waals surface area contributed by atoms with E-state index in [0.29, 0.717) is 12.2 Å². The van der Waals surface area contributed by atoms with Crippen molar-refractivity contribution in [3.8, 4) is 0 Å². The molecule has 0 aliphatic heterocycles. The van der Waals surface area contributed by atoms with Crippen LogP contribution in [-0.4, -0.2) is 23.4 Å². The molecular formula is C15H20O3S. The lowest BCUT2D eigenvalue weighted by molar-refractivity contribution is -0.139. The first kappa shape index (κ1) is 15.8. The van der Waals surface area contributed by atoms with Crippen LogP contribution in [0, 0.1) is 0 Å². The van der Waals surface area contributed by atoms with Crippen molar-refractivity contribution in [2.24, 2.45) is 0 Å². The van der Waals surface area contributed by atoms with Crippen molar-refractivity contribution in [2.75, 3.05) is 12.4 Å². The van der Waals surface area contributed by atoms with Gasteiger partial charge in [0.2, 0.25) is 5.12 Å². The number of hydrogen-bond acceptors (Lipinski definition) is 4. The molecule has 4 heteroatoms. The molecule has 0 unspecified atom stereocenters. The quantitative estimate of drug-likeness (QED) is 0.717. The summed E-state index contributed by atoms with van der Waals surface area (Å²) in [4.78, 5) is 23.0. The van der Waals surface area contributed by atoms with Gasteiger partial charge in [-0.05, 0) is 25.3 Å². The molecule has 3 nitrogen and oxygen atoms in total. The zero-order valence-corrected chi connectivity index (χ0v) is 12.3. The van der Waals surface area contributed by atoms with Gasteiger partial charge in [0.25, 0.3) is 0 Å². The van der Waals surface area contributed by atoms with Gasteiger partial charge in [0, 0.05) is 5.56 Å². The Kier molecular flexibility index (Phi) is 7.26. The van der Waals surface area contributed by atoms with Gasteiger partial charge in [-0.15, -0.1) is 0 Å². The van der Waals surface area contributed by atoms with E-state index >= 15 is 0 Å². The van der Waals surface area contributed by atoms with E-state index < -0.39 is 0 Å². The third kappa shape index (κ3) is 5.92. The van der Waals surface area contributed by atoms with Crippen LogP contribution in [0.2, 0.25) is 0 Å². The fourth-order valence-electron chi connectivity index (χ4n) is 1.60. The number of benzene rings is 1. The van der Waals surface area contributed by atoms with Crippen molar-refractivity contribution < 1.29 is 14.3 Å². The lowest BCUT2D eigenvalue weighted by Crippen LogP contribution is -2.08. The van der Waals surface area contributed by atoms with Gasteiger partial charge < -0.3 is 4.74 Å². The van der Waals surface area contributed by atoms with Crippen LogP contribution in [0.3, 0.4) is 0 Å². The Balaban J connectivity index is 2.46. The maximum absolute atomic E-state index is 11.8. The van der Waals surface area contributed by atoms with Crippen molar-refractivity contribution in [3.63, 3.8) is 0 Å². The fourth-order valence-corrected chi connectivity index (χ4v) is 2.23. The van der Waals surface area contributed by atoms with Gasteiger partial charge in [0.05, 0.1) is 12.4 Å². The second-order valence-corrected chi connectivity index (χ2v) is 5.13. The number of carbonyl (C=O) groups excluding carboxylic acids is 2. The van der Waals surface area contributed by atoms with Crippen molar-refractivity contribution in [1.29, 1.82) is 0 Å². The monoisotopic (exact) mass is 280 g/mol. The van der Waals surface area contributed by atoms with E-state index in [1.54, 1.807) is 6.92 Å². The maximum atomic E-state index is 11.8. The van der Waals surface area contributed by atoms with Gasteiger partial charge >= 0.3 is 5.97 Å². The first-order valence-electron chi connectivity index (χ1n) is 6.59. The number of carbonyl (C=O) groups is 2. The van der Waals surface area contributed by atoms with Crippen LogP contribution in [0.15, 0.2) is 24.3 Å². The zero-order chi connectivity index (χ0) is 14.1. The minimum atomic E-state index is -0.347. The van der Waals surface area contributed by atoms with Crippen LogP contribution in [0.4, 0.5) is 0 Å². The van der Waals surface area contributed by atoms with Crippen molar-refractivity contribution in [3.05, 3.63) is 35.4 Å². The molecule has 104 valence electrons. The molecule has 0 spiro atoms. The first-order chi connectivity index (χ1) is 9.17. The highest BCUT2D eigenvalue weighted by atomic mass is 32.2. The van der Waals surface area contributed by atoms with Gasteiger partial charge in [-0.2, -0.15) is 0 Å². The number of esters is 1. The molecule has 0 amide bonds. The van der Waals surface area contributed by atoms with E-state index in [0.717, 1.165) is 31.0 Å². The Bertz CT molecular complexity index is 412.